The lowest BCUT2D eigenvalue weighted by Crippen LogP contribution is -2.11. The number of benzene rings is 2. The monoisotopic (exact) mass is 283 g/mol. The van der Waals surface area contributed by atoms with Crippen molar-refractivity contribution in [2.75, 3.05) is 11.9 Å². The molecule has 0 aliphatic heterocycles. The van der Waals surface area contributed by atoms with Gasteiger partial charge in [-0.25, -0.2) is 0 Å². The molecule has 0 atom stereocenters. The molecule has 0 bridgehead atoms. The molecule has 1 amide bonds. The molecule has 0 heterocycles. The minimum Gasteiger partial charge on any atom is -0.494 e. The molecule has 21 heavy (non-hydrogen) atoms. The Labute approximate surface area is 126 Å². The maximum atomic E-state index is 12.0. The largest absolute Gasteiger partial charge is 0.494 e. The first-order valence-corrected chi connectivity index (χ1v) is 7.39. The first kappa shape index (κ1) is 15.1. The van der Waals surface area contributed by atoms with Gasteiger partial charge in [0.25, 0.3) is 5.91 Å². The summed E-state index contributed by atoms with van der Waals surface area (Å²) in [5, 5.41) is 2.87. The fourth-order valence-electron chi connectivity index (χ4n) is 1.97. The maximum Gasteiger partial charge on any atom is 0.255 e. The quantitative estimate of drug-likeness (QED) is 0.759. The highest BCUT2D eigenvalue weighted by atomic mass is 16.5. The highest BCUT2D eigenvalue weighted by Crippen LogP contribution is 2.17. The van der Waals surface area contributed by atoms with Gasteiger partial charge in [-0.15, -0.1) is 0 Å². The predicted octanol–water partition coefficient (Wildman–Crippen LogP) is 4.51. The second-order valence-corrected chi connectivity index (χ2v) is 4.90. The summed E-state index contributed by atoms with van der Waals surface area (Å²) in [5.74, 6) is 0.732. The first-order valence-electron chi connectivity index (χ1n) is 7.39. The molecule has 0 fully saturated rings. The highest BCUT2D eigenvalue weighted by molar-refractivity contribution is 6.04. The normalized spacial score (nSPS) is 10.1. The van der Waals surface area contributed by atoms with Crippen molar-refractivity contribution in [3.8, 4) is 5.75 Å². The molecule has 110 valence electrons. The molecule has 2 aromatic carbocycles. The van der Waals surface area contributed by atoms with Crippen molar-refractivity contribution in [2.45, 2.75) is 26.2 Å². The standard InChI is InChI=1S/C18H21NO2/c1-2-3-7-14-21-17-12-10-16(11-13-17)19-18(20)15-8-5-4-6-9-15/h4-6,8-13H,2-3,7,14H2,1H3,(H,19,20). The van der Waals surface area contributed by atoms with E-state index in [0.29, 0.717) is 5.56 Å². The number of amides is 1. The van der Waals surface area contributed by atoms with Crippen molar-refractivity contribution < 1.29 is 9.53 Å². The fraction of sp³-hybridized carbons (Fsp3) is 0.278. The van der Waals surface area contributed by atoms with Gasteiger partial charge in [0.1, 0.15) is 5.75 Å². The Morgan fingerprint density at radius 2 is 1.71 bits per heavy atom. The topological polar surface area (TPSA) is 38.3 Å². The van der Waals surface area contributed by atoms with Crippen LogP contribution in [0.2, 0.25) is 0 Å². The van der Waals surface area contributed by atoms with Crippen molar-refractivity contribution >= 4 is 11.6 Å². The summed E-state index contributed by atoms with van der Waals surface area (Å²) in [6.07, 6.45) is 3.45. The van der Waals surface area contributed by atoms with Crippen molar-refractivity contribution in [1.29, 1.82) is 0 Å². The zero-order chi connectivity index (χ0) is 14.9. The molecule has 0 spiro atoms. The molecular weight excluding hydrogens is 262 g/mol. The summed E-state index contributed by atoms with van der Waals surface area (Å²) in [7, 11) is 0. The zero-order valence-electron chi connectivity index (χ0n) is 12.3. The van der Waals surface area contributed by atoms with E-state index in [9.17, 15) is 4.79 Å². The molecule has 3 heteroatoms. The van der Waals surface area contributed by atoms with Crippen LogP contribution < -0.4 is 10.1 Å². The van der Waals surface area contributed by atoms with E-state index in [2.05, 4.69) is 12.2 Å². The third kappa shape index (κ3) is 4.95. The van der Waals surface area contributed by atoms with E-state index in [1.807, 2.05) is 42.5 Å². The third-order valence-corrected chi connectivity index (χ3v) is 3.16. The van der Waals surface area contributed by atoms with Crippen molar-refractivity contribution in [3.63, 3.8) is 0 Å². The van der Waals surface area contributed by atoms with Crippen LogP contribution in [0.4, 0.5) is 5.69 Å². The average Bonchev–Trinajstić information content (AvgIpc) is 2.54. The van der Waals surface area contributed by atoms with Crippen LogP contribution in [0.25, 0.3) is 0 Å². The molecule has 0 saturated carbocycles. The van der Waals surface area contributed by atoms with Gasteiger partial charge in [-0.1, -0.05) is 38.0 Å². The number of rotatable bonds is 7. The van der Waals surface area contributed by atoms with Gasteiger partial charge in [0.15, 0.2) is 0 Å². The van der Waals surface area contributed by atoms with Crippen molar-refractivity contribution in [3.05, 3.63) is 60.2 Å². The average molecular weight is 283 g/mol. The number of nitrogens with one attached hydrogen (secondary N) is 1. The molecule has 0 aliphatic carbocycles. The van der Waals surface area contributed by atoms with Crippen LogP contribution in [0, 0.1) is 0 Å². The predicted molar refractivity (Wildman–Crippen MR) is 85.9 cm³/mol. The molecule has 0 unspecified atom stereocenters. The van der Waals surface area contributed by atoms with Gasteiger partial charge in [-0.05, 0) is 42.8 Å². The summed E-state index contributed by atoms with van der Waals surface area (Å²) in [6, 6.07) is 16.7. The minimum absolute atomic E-state index is 0.104. The molecule has 3 nitrogen and oxygen atoms in total. The number of carbonyl (C=O) groups excluding carboxylic acids is 1. The van der Waals surface area contributed by atoms with E-state index >= 15 is 0 Å². The second-order valence-electron chi connectivity index (χ2n) is 4.90. The molecule has 0 aliphatic rings. The van der Waals surface area contributed by atoms with Crippen molar-refractivity contribution in [1.82, 2.24) is 0 Å². The van der Waals surface area contributed by atoms with Gasteiger partial charge >= 0.3 is 0 Å². The zero-order valence-corrected chi connectivity index (χ0v) is 12.3. The van der Waals surface area contributed by atoms with E-state index in [4.69, 9.17) is 4.74 Å². The van der Waals surface area contributed by atoms with Crippen LogP contribution in [-0.4, -0.2) is 12.5 Å². The molecule has 2 aromatic rings. The molecular formula is C18H21NO2. The number of anilines is 1. The van der Waals surface area contributed by atoms with Gasteiger partial charge in [0.05, 0.1) is 6.61 Å². The number of hydrogen-bond donors (Lipinski definition) is 1. The lowest BCUT2D eigenvalue weighted by molar-refractivity contribution is 0.102. The van der Waals surface area contributed by atoms with Gasteiger partial charge < -0.3 is 10.1 Å². The first-order chi connectivity index (χ1) is 10.3. The molecule has 0 radical (unpaired) electrons. The Balaban J connectivity index is 1.86. The van der Waals surface area contributed by atoms with E-state index in [0.717, 1.165) is 24.5 Å². The Morgan fingerprint density at radius 1 is 1.00 bits per heavy atom. The Kier molecular flexibility index (Phi) is 5.83. The summed E-state index contributed by atoms with van der Waals surface area (Å²) in [4.78, 5) is 12.0. The second kappa shape index (κ2) is 8.10. The smallest absolute Gasteiger partial charge is 0.255 e. The van der Waals surface area contributed by atoms with Gasteiger partial charge in [0, 0.05) is 11.3 Å². The van der Waals surface area contributed by atoms with Gasteiger partial charge in [0.2, 0.25) is 0 Å². The minimum atomic E-state index is -0.104. The summed E-state index contributed by atoms with van der Waals surface area (Å²) in [5.41, 5.74) is 1.42. The van der Waals surface area contributed by atoms with Crippen LogP contribution in [0.3, 0.4) is 0 Å². The van der Waals surface area contributed by atoms with Gasteiger partial charge in [-0.2, -0.15) is 0 Å². The summed E-state index contributed by atoms with van der Waals surface area (Å²) >= 11 is 0. The molecule has 2 rings (SSSR count). The van der Waals surface area contributed by atoms with E-state index in [-0.39, 0.29) is 5.91 Å². The Hall–Kier alpha value is -2.29. The number of ether oxygens (including phenoxy) is 1. The third-order valence-electron chi connectivity index (χ3n) is 3.16. The van der Waals surface area contributed by atoms with Crippen LogP contribution in [-0.2, 0) is 0 Å². The Morgan fingerprint density at radius 3 is 2.38 bits per heavy atom. The van der Waals surface area contributed by atoms with Crippen molar-refractivity contribution in [2.24, 2.45) is 0 Å². The molecule has 0 saturated heterocycles. The van der Waals surface area contributed by atoms with E-state index in [1.165, 1.54) is 12.8 Å². The van der Waals surface area contributed by atoms with E-state index < -0.39 is 0 Å². The van der Waals surface area contributed by atoms with Gasteiger partial charge in [-0.3, -0.25) is 4.79 Å². The summed E-state index contributed by atoms with van der Waals surface area (Å²) < 4.78 is 5.64. The van der Waals surface area contributed by atoms with Crippen LogP contribution in [0.1, 0.15) is 36.5 Å². The number of unbranched alkanes of at least 4 members (excludes halogenated alkanes) is 2. The number of hydrogen-bond acceptors (Lipinski definition) is 2. The highest BCUT2D eigenvalue weighted by Gasteiger charge is 2.04. The number of carbonyl (C=O) groups is 1. The van der Waals surface area contributed by atoms with E-state index in [1.54, 1.807) is 12.1 Å². The SMILES string of the molecule is CCCCCOc1ccc(NC(=O)c2ccccc2)cc1. The lowest BCUT2D eigenvalue weighted by atomic mass is 10.2. The van der Waals surface area contributed by atoms with Crippen LogP contribution >= 0.6 is 0 Å². The fourth-order valence-corrected chi connectivity index (χ4v) is 1.97. The maximum absolute atomic E-state index is 12.0. The molecule has 0 aromatic heterocycles. The van der Waals surface area contributed by atoms with Crippen LogP contribution in [0.15, 0.2) is 54.6 Å². The van der Waals surface area contributed by atoms with Crippen LogP contribution in [0.5, 0.6) is 5.75 Å². The summed E-state index contributed by atoms with van der Waals surface area (Å²) in [6.45, 7) is 2.91. The Bertz CT molecular complexity index is 549. The lowest BCUT2D eigenvalue weighted by Gasteiger charge is -2.08. The molecule has 1 N–H and O–H groups in total.